The van der Waals surface area contributed by atoms with Crippen LogP contribution in [0.1, 0.15) is 24.2 Å². The van der Waals surface area contributed by atoms with Crippen molar-refractivity contribution in [3.05, 3.63) is 52.8 Å². The number of halogens is 1. The lowest BCUT2D eigenvalue weighted by Gasteiger charge is -2.35. The summed E-state index contributed by atoms with van der Waals surface area (Å²) in [6, 6.07) is 11.4. The third-order valence-electron chi connectivity index (χ3n) is 4.72. The molecule has 0 saturated carbocycles. The number of fused-ring (bicyclic) bond motifs is 1. The number of pyridine rings is 1. The largest absolute Gasteiger partial charge is 0.490 e. The Labute approximate surface area is 172 Å². The van der Waals surface area contributed by atoms with Crippen LogP contribution in [-0.2, 0) is 0 Å². The van der Waals surface area contributed by atoms with E-state index in [1.54, 1.807) is 12.3 Å². The van der Waals surface area contributed by atoms with Gasteiger partial charge in [-0.3, -0.25) is 4.79 Å². The molecule has 28 heavy (non-hydrogen) atoms. The number of furan rings is 1. The Morgan fingerprint density at radius 1 is 1.18 bits per heavy atom. The average Bonchev–Trinajstić information content (AvgIpc) is 3.08. The fourth-order valence-electron chi connectivity index (χ4n) is 3.41. The molecule has 0 spiro atoms. The molecule has 0 bridgehead atoms. The van der Waals surface area contributed by atoms with Crippen molar-refractivity contribution in [2.24, 2.45) is 0 Å². The first kappa shape index (κ1) is 18.8. The van der Waals surface area contributed by atoms with Gasteiger partial charge in [-0.25, -0.2) is 4.98 Å². The Balaban J connectivity index is 1.54. The van der Waals surface area contributed by atoms with E-state index in [1.807, 2.05) is 49.1 Å². The van der Waals surface area contributed by atoms with Crippen LogP contribution < -0.4 is 9.64 Å². The summed E-state index contributed by atoms with van der Waals surface area (Å²) in [6.07, 6.45) is 1.80. The molecule has 6 nitrogen and oxygen atoms in total. The number of carbonyl (C=O) groups excluding carboxylic acids is 1. The Morgan fingerprint density at radius 3 is 2.64 bits per heavy atom. The molecule has 7 heteroatoms. The van der Waals surface area contributed by atoms with E-state index in [1.165, 1.54) is 0 Å². The highest BCUT2D eigenvalue weighted by molar-refractivity contribution is 9.10. The molecule has 4 rings (SSSR count). The number of hydrogen-bond donors (Lipinski definition) is 0. The van der Waals surface area contributed by atoms with Crippen molar-refractivity contribution in [2.75, 3.05) is 31.1 Å². The van der Waals surface area contributed by atoms with Crippen molar-refractivity contribution in [1.82, 2.24) is 9.88 Å². The molecule has 3 aromatic rings. The molecule has 3 heterocycles. The Kier molecular flexibility index (Phi) is 5.26. The molecule has 1 aromatic carbocycles. The smallest absolute Gasteiger partial charge is 0.254 e. The first-order valence-corrected chi connectivity index (χ1v) is 10.2. The summed E-state index contributed by atoms with van der Waals surface area (Å²) >= 11 is 3.36. The third kappa shape index (κ3) is 3.85. The van der Waals surface area contributed by atoms with Gasteiger partial charge in [-0.1, -0.05) is 6.07 Å². The lowest BCUT2D eigenvalue weighted by atomic mass is 10.1. The molecule has 2 aromatic heterocycles. The minimum atomic E-state index is -0.0105. The lowest BCUT2D eigenvalue weighted by molar-refractivity contribution is 0.0746. The summed E-state index contributed by atoms with van der Waals surface area (Å²) < 4.78 is 12.2. The zero-order valence-electron chi connectivity index (χ0n) is 15.9. The van der Waals surface area contributed by atoms with Gasteiger partial charge in [0.1, 0.15) is 17.2 Å². The highest BCUT2D eigenvalue weighted by Gasteiger charge is 2.24. The zero-order valence-corrected chi connectivity index (χ0v) is 17.5. The van der Waals surface area contributed by atoms with Gasteiger partial charge in [0, 0.05) is 44.0 Å². The number of ether oxygens (including phenoxy) is 1. The standard InChI is InChI=1S/C21H22BrN3O3/c1-14(2)27-17-11-15(12-18-16(17)13-19(22)28-18)21(26)25-9-7-24(8-10-25)20-5-3-4-6-23-20/h3-6,11-14H,7-10H2,1-2H3. The molecule has 0 radical (unpaired) electrons. The number of amides is 1. The topological polar surface area (TPSA) is 58.8 Å². The monoisotopic (exact) mass is 443 g/mol. The molecule has 0 N–H and O–H groups in total. The summed E-state index contributed by atoms with van der Waals surface area (Å²) in [5, 5.41) is 0.858. The highest BCUT2D eigenvalue weighted by atomic mass is 79.9. The van der Waals surface area contributed by atoms with Crippen LogP contribution >= 0.6 is 15.9 Å². The number of carbonyl (C=O) groups is 1. The van der Waals surface area contributed by atoms with E-state index in [-0.39, 0.29) is 12.0 Å². The molecule has 0 unspecified atom stereocenters. The minimum absolute atomic E-state index is 0.00384. The van der Waals surface area contributed by atoms with Gasteiger partial charge in [0.25, 0.3) is 5.91 Å². The van der Waals surface area contributed by atoms with Gasteiger partial charge < -0.3 is 19.0 Å². The number of aromatic nitrogens is 1. The maximum absolute atomic E-state index is 13.1. The van der Waals surface area contributed by atoms with Gasteiger partial charge in [0.2, 0.25) is 0 Å². The van der Waals surface area contributed by atoms with Crippen LogP contribution in [0.5, 0.6) is 5.75 Å². The van der Waals surface area contributed by atoms with E-state index in [0.717, 1.165) is 24.3 Å². The number of nitrogens with zero attached hydrogens (tertiary/aromatic N) is 3. The third-order valence-corrected chi connectivity index (χ3v) is 5.11. The van der Waals surface area contributed by atoms with E-state index in [4.69, 9.17) is 9.15 Å². The van der Waals surface area contributed by atoms with Crippen LogP contribution in [0.25, 0.3) is 11.0 Å². The van der Waals surface area contributed by atoms with Crippen molar-refractivity contribution in [3.63, 3.8) is 0 Å². The summed E-state index contributed by atoms with van der Waals surface area (Å²) in [7, 11) is 0. The predicted octanol–water partition coefficient (Wildman–Crippen LogP) is 4.34. The van der Waals surface area contributed by atoms with Gasteiger partial charge in [0.05, 0.1) is 11.5 Å². The van der Waals surface area contributed by atoms with Crippen LogP contribution in [0, 0.1) is 0 Å². The van der Waals surface area contributed by atoms with Crippen LogP contribution in [0.4, 0.5) is 5.82 Å². The van der Waals surface area contributed by atoms with Crippen LogP contribution in [0.2, 0.25) is 0 Å². The maximum atomic E-state index is 13.1. The second-order valence-corrected chi connectivity index (χ2v) is 7.85. The number of benzene rings is 1. The molecule has 1 aliphatic rings. The van der Waals surface area contributed by atoms with Crippen LogP contribution in [0.15, 0.2) is 51.7 Å². The van der Waals surface area contributed by atoms with Crippen molar-refractivity contribution in [3.8, 4) is 5.75 Å². The SMILES string of the molecule is CC(C)Oc1cc(C(=O)N2CCN(c3ccccn3)CC2)cc2oc(Br)cc12. The Morgan fingerprint density at radius 2 is 1.96 bits per heavy atom. The van der Waals surface area contributed by atoms with Crippen molar-refractivity contribution in [1.29, 1.82) is 0 Å². The molecule has 1 aliphatic heterocycles. The fraction of sp³-hybridized carbons (Fsp3) is 0.333. The van der Waals surface area contributed by atoms with Gasteiger partial charge >= 0.3 is 0 Å². The molecular formula is C21H22BrN3O3. The van der Waals surface area contributed by atoms with E-state index in [2.05, 4.69) is 25.8 Å². The zero-order chi connectivity index (χ0) is 19.7. The number of anilines is 1. The summed E-state index contributed by atoms with van der Waals surface area (Å²) in [4.78, 5) is 21.6. The summed E-state index contributed by atoms with van der Waals surface area (Å²) in [6.45, 7) is 6.74. The number of hydrogen-bond acceptors (Lipinski definition) is 5. The Hall–Kier alpha value is -2.54. The van der Waals surface area contributed by atoms with Gasteiger partial charge in [-0.2, -0.15) is 0 Å². The molecule has 146 valence electrons. The number of rotatable bonds is 4. The highest BCUT2D eigenvalue weighted by Crippen LogP contribution is 2.33. The first-order valence-electron chi connectivity index (χ1n) is 9.36. The second kappa shape index (κ2) is 7.83. The maximum Gasteiger partial charge on any atom is 0.254 e. The van der Waals surface area contributed by atoms with E-state index in [0.29, 0.717) is 34.7 Å². The molecule has 1 amide bonds. The predicted molar refractivity (Wildman–Crippen MR) is 112 cm³/mol. The first-order chi connectivity index (χ1) is 13.5. The molecule has 0 aliphatic carbocycles. The number of piperazine rings is 1. The Bertz CT molecular complexity index is 979. The van der Waals surface area contributed by atoms with Gasteiger partial charge in [-0.05, 0) is 54.0 Å². The molecule has 1 fully saturated rings. The van der Waals surface area contributed by atoms with Gasteiger partial charge in [-0.15, -0.1) is 0 Å². The molecule has 0 atom stereocenters. The fourth-order valence-corrected chi connectivity index (χ4v) is 3.82. The average molecular weight is 444 g/mol. The van der Waals surface area contributed by atoms with E-state index in [9.17, 15) is 4.79 Å². The summed E-state index contributed by atoms with van der Waals surface area (Å²) in [5.41, 5.74) is 1.22. The van der Waals surface area contributed by atoms with Crippen molar-refractivity contribution >= 4 is 38.6 Å². The molecule has 1 saturated heterocycles. The van der Waals surface area contributed by atoms with Crippen LogP contribution in [-0.4, -0.2) is 48.1 Å². The van der Waals surface area contributed by atoms with Crippen molar-refractivity contribution in [2.45, 2.75) is 20.0 Å². The van der Waals surface area contributed by atoms with Gasteiger partial charge in [0.15, 0.2) is 4.67 Å². The van der Waals surface area contributed by atoms with E-state index < -0.39 is 0 Å². The minimum Gasteiger partial charge on any atom is -0.490 e. The van der Waals surface area contributed by atoms with Crippen LogP contribution in [0.3, 0.4) is 0 Å². The normalized spacial score (nSPS) is 14.7. The van der Waals surface area contributed by atoms with Crippen molar-refractivity contribution < 1.29 is 13.9 Å². The quantitative estimate of drug-likeness (QED) is 0.599. The summed E-state index contributed by atoms with van der Waals surface area (Å²) in [5.74, 6) is 1.60. The molecular weight excluding hydrogens is 422 g/mol. The van der Waals surface area contributed by atoms with E-state index >= 15 is 0 Å². The second-order valence-electron chi connectivity index (χ2n) is 7.07. The lowest BCUT2D eigenvalue weighted by Crippen LogP contribution is -2.49.